The highest BCUT2D eigenvalue weighted by atomic mass is 32.2. The molecule has 2 nitrogen and oxygen atoms in total. The lowest BCUT2D eigenvalue weighted by molar-refractivity contribution is 1.66. The molecule has 1 aliphatic rings. The molecule has 36 valence electrons. The summed E-state index contributed by atoms with van der Waals surface area (Å²) in [6.45, 7) is 1.91. The molecule has 0 atom stereocenters. The van der Waals surface area contributed by atoms with Crippen LogP contribution in [0.25, 0.3) is 0 Å². The molecule has 0 aromatic carbocycles. The summed E-state index contributed by atoms with van der Waals surface area (Å²) >= 11 is 1.16. The molecule has 0 amide bonds. The van der Waals surface area contributed by atoms with E-state index in [2.05, 4.69) is 14.7 Å². The molecule has 0 unspecified atom stereocenters. The Kier molecular flexibility index (Phi) is 1.29. The van der Waals surface area contributed by atoms with Crippen molar-refractivity contribution in [3.05, 3.63) is 5.57 Å². The van der Waals surface area contributed by atoms with Crippen LogP contribution in [0.15, 0.2) is 14.4 Å². The molecule has 0 fully saturated rings. The third-order valence-electron chi connectivity index (χ3n) is 0.556. The Labute approximate surface area is 46.3 Å². The van der Waals surface area contributed by atoms with Crippen molar-refractivity contribution >= 4 is 24.2 Å². The van der Waals surface area contributed by atoms with Crippen LogP contribution in [0.1, 0.15) is 6.92 Å². The first-order chi connectivity index (χ1) is 3.39. The second kappa shape index (κ2) is 1.96. The molecule has 0 saturated carbocycles. The molecule has 0 aliphatic carbocycles. The van der Waals surface area contributed by atoms with Gasteiger partial charge in [-0.15, -0.1) is 4.40 Å². The predicted molar refractivity (Wildman–Crippen MR) is 32.7 cm³/mol. The number of allylic oxidation sites excluding steroid dienone is 1. The summed E-state index contributed by atoms with van der Waals surface area (Å²) < 4.78 is 7.47. The largest absolute Gasteiger partial charge is 0.200 e. The molecule has 0 aromatic rings. The van der Waals surface area contributed by atoms with E-state index >= 15 is 0 Å². The van der Waals surface area contributed by atoms with Crippen molar-refractivity contribution in [3.63, 3.8) is 0 Å². The first-order valence-corrected chi connectivity index (χ1v) is 2.62. The molecule has 0 N–H and O–H groups in total. The number of hydrogen-bond donors (Lipinski definition) is 0. The number of nitrogens with zero attached hydrogens (tertiary/aromatic N) is 2. The Hall–Kier alpha value is -0.530. The minimum atomic E-state index is 0.985. The second-order valence-electron chi connectivity index (χ2n) is 1.20. The molecule has 0 spiro atoms. The van der Waals surface area contributed by atoms with Crippen LogP contribution in [-0.4, -0.2) is 12.1 Å². The van der Waals surface area contributed by atoms with E-state index in [1.165, 1.54) is 0 Å². The van der Waals surface area contributed by atoms with Gasteiger partial charge in [0.1, 0.15) is 12.1 Å². The summed E-state index contributed by atoms with van der Waals surface area (Å²) in [4.78, 5) is 0. The van der Waals surface area contributed by atoms with Gasteiger partial charge in [0.25, 0.3) is 0 Å². The zero-order chi connectivity index (χ0) is 5.11. The van der Waals surface area contributed by atoms with E-state index < -0.39 is 0 Å². The Morgan fingerprint density at radius 3 is 3.00 bits per heavy atom. The van der Waals surface area contributed by atoms with Crippen LogP contribution in [0.5, 0.6) is 0 Å². The average molecular weight is 112 g/mol. The van der Waals surface area contributed by atoms with E-state index in [1.807, 2.05) is 6.92 Å². The lowest BCUT2D eigenvalue weighted by Crippen LogP contribution is -1.78. The maximum atomic E-state index is 3.78. The molecule has 3 heteroatoms. The van der Waals surface area contributed by atoms with Crippen molar-refractivity contribution in [1.29, 1.82) is 0 Å². The van der Waals surface area contributed by atoms with E-state index in [0.29, 0.717) is 0 Å². The van der Waals surface area contributed by atoms with Crippen molar-refractivity contribution < 1.29 is 0 Å². The third-order valence-corrected chi connectivity index (χ3v) is 0.929. The van der Waals surface area contributed by atoms with E-state index in [0.717, 1.165) is 17.7 Å². The van der Waals surface area contributed by atoms with Crippen LogP contribution in [0.4, 0.5) is 0 Å². The van der Waals surface area contributed by atoms with Crippen molar-refractivity contribution in [2.45, 2.75) is 6.92 Å². The van der Waals surface area contributed by atoms with Crippen LogP contribution in [0, 0.1) is 0 Å². The summed E-state index contributed by atoms with van der Waals surface area (Å²) in [7, 11) is 0. The highest BCUT2D eigenvalue weighted by Crippen LogP contribution is 2.04. The molecule has 0 saturated heterocycles. The lowest BCUT2D eigenvalue weighted by atomic mass is 10.4. The average Bonchev–Trinajstić information content (AvgIpc) is 1.69. The van der Waals surface area contributed by atoms with Gasteiger partial charge in [0, 0.05) is 17.7 Å². The smallest absolute Gasteiger partial charge is 0.124 e. The van der Waals surface area contributed by atoms with Crippen LogP contribution in [0.2, 0.25) is 0 Å². The van der Waals surface area contributed by atoms with Crippen molar-refractivity contribution in [2.24, 2.45) is 8.80 Å². The van der Waals surface area contributed by atoms with E-state index in [1.54, 1.807) is 6.21 Å². The third kappa shape index (κ3) is 1.18. The van der Waals surface area contributed by atoms with Crippen molar-refractivity contribution in [3.8, 4) is 0 Å². The molecule has 0 aromatic heterocycles. The van der Waals surface area contributed by atoms with Crippen LogP contribution >= 0.6 is 12.1 Å². The summed E-state index contributed by atoms with van der Waals surface area (Å²) in [5.74, 6) is 2.74. The van der Waals surface area contributed by atoms with E-state index in [4.69, 9.17) is 0 Å². The van der Waals surface area contributed by atoms with Gasteiger partial charge in [-0.1, -0.05) is 0 Å². The monoisotopic (exact) mass is 112 g/mol. The highest BCUT2D eigenvalue weighted by molar-refractivity contribution is 7.97. The second-order valence-corrected chi connectivity index (χ2v) is 1.76. The van der Waals surface area contributed by atoms with Crippen LogP contribution in [-0.2, 0) is 0 Å². The quantitative estimate of drug-likeness (QED) is 0.433. The van der Waals surface area contributed by atoms with Gasteiger partial charge in [-0.3, -0.25) is 0 Å². The van der Waals surface area contributed by atoms with Gasteiger partial charge < -0.3 is 0 Å². The van der Waals surface area contributed by atoms with Gasteiger partial charge in [-0.25, -0.2) is 4.40 Å². The minimum absolute atomic E-state index is 0.985. The standard InChI is InChI=1S/C4H4N2S/c1-4-2-5-7-6-3-4/h2H,1H3. The molecule has 1 heterocycles. The fraction of sp³-hybridized carbons (Fsp3) is 0.250. The normalized spacial score (nSPS) is 17.0. The Morgan fingerprint density at radius 1 is 1.86 bits per heavy atom. The van der Waals surface area contributed by atoms with Gasteiger partial charge in [-0.2, -0.15) is 0 Å². The first-order valence-electron chi connectivity index (χ1n) is 1.89. The molecule has 1 aliphatic heterocycles. The summed E-state index contributed by atoms with van der Waals surface area (Å²) in [6.07, 6.45) is 1.73. The number of rotatable bonds is 0. The Morgan fingerprint density at radius 2 is 2.71 bits per heavy atom. The Bertz CT molecular complexity index is 153. The SMILES string of the molecule is CC1=C=NSN=C1. The number of hydrogen-bond acceptors (Lipinski definition) is 3. The lowest BCUT2D eigenvalue weighted by Gasteiger charge is -1.85. The Balaban J connectivity index is 2.89. The molecule has 0 radical (unpaired) electrons. The van der Waals surface area contributed by atoms with Gasteiger partial charge in [0.2, 0.25) is 0 Å². The summed E-state index contributed by atoms with van der Waals surface area (Å²) in [5, 5.41) is 0. The van der Waals surface area contributed by atoms with Crippen molar-refractivity contribution in [1.82, 2.24) is 0 Å². The summed E-state index contributed by atoms with van der Waals surface area (Å²) in [5.41, 5.74) is 0.985. The molecule has 1 rings (SSSR count). The molecular weight excluding hydrogens is 108 g/mol. The van der Waals surface area contributed by atoms with E-state index in [9.17, 15) is 0 Å². The van der Waals surface area contributed by atoms with Crippen LogP contribution < -0.4 is 0 Å². The maximum Gasteiger partial charge on any atom is 0.124 e. The zero-order valence-electron chi connectivity index (χ0n) is 3.88. The topological polar surface area (TPSA) is 24.7 Å². The molecule has 0 bridgehead atoms. The van der Waals surface area contributed by atoms with Gasteiger partial charge >= 0.3 is 0 Å². The van der Waals surface area contributed by atoms with Gasteiger partial charge in [0.05, 0.1) is 0 Å². The van der Waals surface area contributed by atoms with Gasteiger partial charge in [0.15, 0.2) is 0 Å². The molecular formula is C4H4N2S. The first kappa shape index (κ1) is 4.62. The van der Waals surface area contributed by atoms with Crippen molar-refractivity contribution in [2.75, 3.05) is 0 Å². The van der Waals surface area contributed by atoms with Gasteiger partial charge in [-0.05, 0) is 6.92 Å². The maximum absolute atomic E-state index is 3.78. The molecule has 7 heavy (non-hydrogen) atoms. The predicted octanol–water partition coefficient (Wildman–Crippen LogP) is 1.25. The fourth-order valence-corrected chi connectivity index (χ4v) is 0.685. The van der Waals surface area contributed by atoms with Crippen LogP contribution in [0.3, 0.4) is 0 Å². The zero-order valence-corrected chi connectivity index (χ0v) is 4.70. The minimum Gasteiger partial charge on any atom is -0.200 e. The highest BCUT2D eigenvalue weighted by Gasteiger charge is 1.83. The van der Waals surface area contributed by atoms with E-state index in [-0.39, 0.29) is 0 Å². The summed E-state index contributed by atoms with van der Waals surface area (Å²) in [6, 6.07) is 0. The fourth-order valence-electron chi connectivity index (χ4n) is 0.247.